The zero-order valence-electron chi connectivity index (χ0n) is 11.3. The molecule has 0 unspecified atom stereocenters. The maximum Gasteiger partial charge on any atom is 0.0614 e. The summed E-state index contributed by atoms with van der Waals surface area (Å²) in [5.74, 6) is 0.00490. The number of hydrogen-bond donors (Lipinski definition) is 2. The minimum atomic E-state index is -0.342. The van der Waals surface area contributed by atoms with Crippen molar-refractivity contribution in [1.82, 2.24) is 4.90 Å². The second-order valence-corrected chi connectivity index (χ2v) is 5.45. The summed E-state index contributed by atoms with van der Waals surface area (Å²) in [5.41, 5.74) is 3.95. The van der Waals surface area contributed by atoms with E-state index in [4.69, 9.17) is 0 Å². The van der Waals surface area contributed by atoms with E-state index in [1.807, 2.05) is 0 Å². The monoisotopic (exact) mass is 249 g/mol. The van der Waals surface area contributed by atoms with Gasteiger partial charge in [0, 0.05) is 32.2 Å². The lowest BCUT2D eigenvalue weighted by Gasteiger charge is -2.35. The molecular weight excluding hydrogens is 226 g/mol. The summed E-state index contributed by atoms with van der Waals surface area (Å²) in [6, 6.07) is 6.56. The van der Waals surface area contributed by atoms with Crippen LogP contribution in [0.2, 0.25) is 0 Å². The highest BCUT2D eigenvalue weighted by Crippen LogP contribution is 2.19. The van der Waals surface area contributed by atoms with Crippen LogP contribution < -0.4 is 0 Å². The lowest BCUT2D eigenvalue weighted by molar-refractivity contribution is -0.00201. The molecule has 0 spiro atoms. The van der Waals surface area contributed by atoms with Gasteiger partial charge in [-0.2, -0.15) is 0 Å². The molecule has 0 aromatic heterocycles. The molecule has 1 heterocycles. The lowest BCUT2D eigenvalue weighted by atomic mass is 9.95. The summed E-state index contributed by atoms with van der Waals surface area (Å²) in [4.78, 5) is 2.32. The van der Waals surface area contributed by atoms with Gasteiger partial charge in [-0.15, -0.1) is 0 Å². The van der Waals surface area contributed by atoms with Crippen LogP contribution in [0.5, 0.6) is 0 Å². The summed E-state index contributed by atoms with van der Waals surface area (Å²) in [7, 11) is 0. The lowest BCUT2D eigenvalue weighted by Crippen LogP contribution is -2.44. The first-order valence-electron chi connectivity index (χ1n) is 6.67. The minimum absolute atomic E-state index is 0.00490. The third-order valence-electron chi connectivity index (χ3n) is 3.99. The zero-order valence-corrected chi connectivity index (χ0v) is 11.3. The first kappa shape index (κ1) is 13.5. The summed E-state index contributed by atoms with van der Waals surface area (Å²) >= 11 is 0. The average molecular weight is 249 g/mol. The zero-order chi connectivity index (χ0) is 13.1. The molecule has 2 atom stereocenters. The molecule has 3 nitrogen and oxygen atoms in total. The third kappa shape index (κ3) is 3.10. The predicted molar refractivity (Wildman–Crippen MR) is 72.4 cm³/mol. The largest absolute Gasteiger partial charge is 0.396 e. The van der Waals surface area contributed by atoms with E-state index in [1.54, 1.807) is 0 Å². The van der Waals surface area contributed by atoms with Crippen LogP contribution in [0.3, 0.4) is 0 Å². The Morgan fingerprint density at radius 3 is 2.72 bits per heavy atom. The number of piperidine rings is 1. The highest BCUT2D eigenvalue weighted by molar-refractivity contribution is 5.29. The Labute approximate surface area is 109 Å². The Morgan fingerprint density at radius 2 is 2.06 bits per heavy atom. The van der Waals surface area contributed by atoms with Gasteiger partial charge in [-0.3, -0.25) is 4.90 Å². The number of likely N-dealkylation sites (tertiary alicyclic amines) is 1. The fraction of sp³-hybridized carbons (Fsp3) is 0.600. The number of hydrogen-bond acceptors (Lipinski definition) is 3. The summed E-state index contributed by atoms with van der Waals surface area (Å²) in [6.07, 6.45) is 0.418. The van der Waals surface area contributed by atoms with Gasteiger partial charge in [-0.05, 0) is 37.0 Å². The molecule has 3 heteroatoms. The Bertz CT molecular complexity index is 405. The second-order valence-electron chi connectivity index (χ2n) is 5.45. The van der Waals surface area contributed by atoms with Crippen molar-refractivity contribution < 1.29 is 10.2 Å². The average Bonchev–Trinajstić information content (AvgIpc) is 2.36. The topological polar surface area (TPSA) is 43.7 Å². The Hall–Kier alpha value is -0.900. The summed E-state index contributed by atoms with van der Waals surface area (Å²) in [5, 5.41) is 19.0. The van der Waals surface area contributed by atoms with E-state index in [2.05, 4.69) is 36.9 Å². The van der Waals surface area contributed by atoms with Gasteiger partial charge in [0.05, 0.1) is 6.10 Å². The SMILES string of the molecule is Cc1ccc(CN2CC[C@@H](O)[C@@H](CO)C2)cc1C. The van der Waals surface area contributed by atoms with E-state index in [1.165, 1.54) is 16.7 Å². The normalized spacial score (nSPS) is 25.3. The Balaban J connectivity index is 1.99. The molecule has 0 aliphatic carbocycles. The highest BCUT2D eigenvalue weighted by atomic mass is 16.3. The van der Waals surface area contributed by atoms with Gasteiger partial charge in [0.1, 0.15) is 0 Å². The van der Waals surface area contributed by atoms with Crippen molar-refractivity contribution in [1.29, 1.82) is 0 Å². The minimum Gasteiger partial charge on any atom is -0.396 e. The summed E-state index contributed by atoms with van der Waals surface area (Å²) < 4.78 is 0. The smallest absolute Gasteiger partial charge is 0.0614 e. The number of nitrogens with zero attached hydrogens (tertiary/aromatic N) is 1. The van der Waals surface area contributed by atoms with Crippen molar-refractivity contribution >= 4 is 0 Å². The molecule has 2 N–H and O–H groups in total. The number of aryl methyl sites for hydroxylation is 2. The van der Waals surface area contributed by atoms with Gasteiger partial charge >= 0.3 is 0 Å². The van der Waals surface area contributed by atoms with Crippen LogP contribution in [-0.2, 0) is 6.54 Å². The van der Waals surface area contributed by atoms with Gasteiger partial charge in [-0.25, -0.2) is 0 Å². The van der Waals surface area contributed by atoms with E-state index in [9.17, 15) is 10.2 Å². The number of benzene rings is 1. The molecule has 2 rings (SSSR count). The second kappa shape index (κ2) is 5.83. The first-order chi connectivity index (χ1) is 8.60. The van der Waals surface area contributed by atoms with Crippen molar-refractivity contribution in [2.45, 2.75) is 32.9 Å². The molecule has 0 radical (unpaired) electrons. The van der Waals surface area contributed by atoms with Gasteiger partial charge in [0.25, 0.3) is 0 Å². The quantitative estimate of drug-likeness (QED) is 0.853. The predicted octanol–water partition coefficient (Wildman–Crippen LogP) is 1.48. The maximum atomic E-state index is 9.75. The Kier molecular flexibility index (Phi) is 4.38. The van der Waals surface area contributed by atoms with Gasteiger partial charge in [0.15, 0.2) is 0 Å². The molecule has 1 aromatic carbocycles. The molecule has 18 heavy (non-hydrogen) atoms. The number of rotatable bonds is 3. The van der Waals surface area contributed by atoms with E-state index in [0.29, 0.717) is 0 Å². The standard InChI is InChI=1S/C15H23NO2/c1-11-3-4-13(7-12(11)2)8-16-6-5-15(18)14(9-16)10-17/h3-4,7,14-15,17-18H,5-6,8-10H2,1-2H3/t14-,15-/m1/s1. The van der Waals surface area contributed by atoms with E-state index < -0.39 is 0 Å². The highest BCUT2D eigenvalue weighted by Gasteiger charge is 2.26. The van der Waals surface area contributed by atoms with Gasteiger partial charge < -0.3 is 10.2 Å². The summed E-state index contributed by atoms with van der Waals surface area (Å²) in [6.45, 7) is 6.93. The molecular formula is C15H23NO2. The van der Waals surface area contributed by atoms with E-state index in [-0.39, 0.29) is 18.6 Å². The number of aliphatic hydroxyl groups is 2. The van der Waals surface area contributed by atoms with Crippen LogP contribution >= 0.6 is 0 Å². The fourth-order valence-electron chi connectivity index (χ4n) is 2.58. The first-order valence-corrected chi connectivity index (χ1v) is 6.67. The van der Waals surface area contributed by atoms with Crippen molar-refractivity contribution in [3.8, 4) is 0 Å². The molecule has 1 fully saturated rings. The third-order valence-corrected chi connectivity index (χ3v) is 3.99. The van der Waals surface area contributed by atoms with Crippen molar-refractivity contribution in [3.63, 3.8) is 0 Å². The molecule has 1 aliphatic rings. The molecule has 1 aliphatic heterocycles. The van der Waals surface area contributed by atoms with Crippen molar-refractivity contribution in [2.75, 3.05) is 19.7 Å². The van der Waals surface area contributed by atoms with Crippen LogP contribution in [0.25, 0.3) is 0 Å². The van der Waals surface area contributed by atoms with Gasteiger partial charge in [0.2, 0.25) is 0 Å². The van der Waals surface area contributed by atoms with Crippen LogP contribution in [0.4, 0.5) is 0 Å². The van der Waals surface area contributed by atoms with Gasteiger partial charge in [-0.1, -0.05) is 18.2 Å². The molecule has 0 saturated carbocycles. The van der Waals surface area contributed by atoms with E-state index >= 15 is 0 Å². The van der Waals surface area contributed by atoms with Crippen LogP contribution in [0.1, 0.15) is 23.1 Å². The maximum absolute atomic E-state index is 9.75. The Morgan fingerprint density at radius 1 is 1.28 bits per heavy atom. The van der Waals surface area contributed by atoms with Crippen molar-refractivity contribution in [3.05, 3.63) is 34.9 Å². The van der Waals surface area contributed by atoms with Crippen LogP contribution in [-0.4, -0.2) is 40.9 Å². The van der Waals surface area contributed by atoms with E-state index in [0.717, 1.165) is 26.1 Å². The number of aliphatic hydroxyl groups excluding tert-OH is 2. The van der Waals surface area contributed by atoms with Crippen LogP contribution in [0, 0.1) is 19.8 Å². The molecule has 0 bridgehead atoms. The molecule has 100 valence electrons. The van der Waals surface area contributed by atoms with Crippen molar-refractivity contribution in [2.24, 2.45) is 5.92 Å². The molecule has 0 amide bonds. The van der Waals surface area contributed by atoms with Crippen LogP contribution in [0.15, 0.2) is 18.2 Å². The molecule has 1 aromatic rings. The molecule has 1 saturated heterocycles. The fourth-order valence-corrected chi connectivity index (χ4v) is 2.58.